The van der Waals surface area contributed by atoms with E-state index in [0.29, 0.717) is 23.0 Å². The molecule has 2 atom stereocenters. The molecule has 0 heterocycles. The number of hydrogen-bond acceptors (Lipinski definition) is 4. The van der Waals surface area contributed by atoms with Crippen molar-refractivity contribution >= 4 is 5.91 Å². The molecule has 0 aromatic heterocycles. The van der Waals surface area contributed by atoms with Gasteiger partial charge in [0, 0.05) is 12.1 Å². The van der Waals surface area contributed by atoms with Gasteiger partial charge in [-0.3, -0.25) is 4.79 Å². The highest BCUT2D eigenvalue weighted by molar-refractivity contribution is 5.78. The van der Waals surface area contributed by atoms with Crippen LogP contribution >= 0.6 is 0 Å². The zero-order valence-electron chi connectivity index (χ0n) is 13.1. The van der Waals surface area contributed by atoms with Gasteiger partial charge in [-0.05, 0) is 30.9 Å². The van der Waals surface area contributed by atoms with E-state index in [1.807, 2.05) is 6.07 Å². The van der Waals surface area contributed by atoms with Crippen LogP contribution in [0, 0.1) is 17.2 Å². The average molecular weight is 302 g/mol. The van der Waals surface area contributed by atoms with Crippen molar-refractivity contribution < 1.29 is 14.3 Å². The average Bonchev–Trinajstić information content (AvgIpc) is 2.55. The first kappa shape index (κ1) is 16.2. The zero-order chi connectivity index (χ0) is 15.9. The smallest absolute Gasteiger partial charge is 0.258 e. The maximum atomic E-state index is 12.0. The largest absolute Gasteiger partial charge is 0.493 e. The number of ether oxygens (including phenoxy) is 2. The Morgan fingerprint density at radius 1 is 1.36 bits per heavy atom. The molecule has 1 aliphatic rings. The van der Waals surface area contributed by atoms with Crippen molar-refractivity contribution in [3.8, 4) is 17.6 Å². The molecule has 1 fully saturated rings. The molecule has 1 N–H and O–H groups in total. The van der Waals surface area contributed by atoms with E-state index in [4.69, 9.17) is 14.7 Å². The Balaban J connectivity index is 1.89. The molecule has 0 radical (unpaired) electrons. The van der Waals surface area contributed by atoms with Crippen molar-refractivity contribution in [2.45, 2.75) is 38.6 Å². The van der Waals surface area contributed by atoms with E-state index in [2.05, 4.69) is 12.2 Å². The fourth-order valence-electron chi connectivity index (χ4n) is 2.78. The topological polar surface area (TPSA) is 71.3 Å². The first-order chi connectivity index (χ1) is 10.6. The fourth-order valence-corrected chi connectivity index (χ4v) is 2.78. The summed E-state index contributed by atoms with van der Waals surface area (Å²) in [7, 11) is 1.51. The molecule has 5 nitrogen and oxygen atoms in total. The number of hydrogen-bond donors (Lipinski definition) is 1. The molecule has 0 spiro atoms. The Morgan fingerprint density at radius 3 is 2.82 bits per heavy atom. The third kappa shape index (κ3) is 4.14. The predicted octanol–water partition coefficient (Wildman–Crippen LogP) is 2.64. The van der Waals surface area contributed by atoms with Gasteiger partial charge in [-0.15, -0.1) is 0 Å². The lowest BCUT2D eigenvalue weighted by Gasteiger charge is -2.29. The Hall–Kier alpha value is -2.22. The molecule has 1 aromatic carbocycles. The number of nitrogens with one attached hydrogen (secondary N) is 1. The second kappa shape index (κ2) is 7.69. The summed E-state index contributed by atoms with van der Waals surface area (Å²) in [6, 6.07) is 7.16. The highest BCUT2D eigenvalue weighted by atomic mass is 16.5. The molecule has 0 bridgehead atoms. The van der Waals surface area contributed by atoms with Crippen molar-refractivity contribution in [1.29, 1.82) is 5.26 Å². The minimum Gasteiger partial charge on any atom is -0.493 e. The summed E-state index contributed by atoms with van der Waals surface area (Å²) in [6.45, 7) is 2.13. The van der Waals surface area contributed by atoms with Gasteiger partial charge < -0.3 is 14.8 Å². The minimum atomic E-state index is -0.120. The molecule has 22 heavy (non-hydrogen) atoms. The maximum Gasteiger partial charge on any atom is 0.258 e. The summed E-state index contributed by atoms with van der Waals surface area (Å²) in [5.41, 5.74) is 0.490. The third-order valence-corrected chi connectivity index (χ3v) is 4.11. The van der Waals surface area contributed by atoms with Gasteiger partial charge in [0.1, 0.15) is 0 Å². The molecule has 0 aliphatic heterocycles. The van der Waals surface area contributed by atoms with Crippen LogP contribution < -0.4 is 14.8 Å². The molecule has 0 unspecified atom stereocenters. The van der Waals surface area contributed by atoms with Crippen molar-refractivity contribution in [3.63, 3.8) is 0 Å². The van der Waals surface area contributed by atoms with Gasteiger partial charge in [-0.1, -0.05) is 19.8 Å². The Bertz CT molecular complexity index is 566. The van der Waals surface area contributed by atoms with Crippen molar-refractivity contribution in [1.82, 2.24) is 5.32 Å². The molecular weight excluding hydrogens is 280 g/mol. The zero-order valence-corrected chi connectivity index (χ0v) is 13.1. The van der Waals surface area contributed by atoms with E-state index in [9.17, 15) is 4.79 Å². The van der Waals surface area contributed by atoms with Gasteiger partial charge in [0.2, 0.25) is 0 Å². The van der Waals surface area contributed by atoms with Gasteiger partial charge in [0.05, 0.1) is 18.7 Å². The first-order valence-corrected chi connectivity index (χ1v) is 7.64. The number of benzene rings is 1. The van der Waals surface area contributed by atoms with Crippen LogP contribution in [0.5, 0.6) is 11.5 Å². The molecule has 1 aliphatic carbocycles. The molecule has 5 heteroatoms. The molecule has 2 rings (SSSR count). The second-order valence-electron chi connectivity index (χ2n) is 5.70. The Labute approximate surface area is 131 Å². The van der Waals surface area contributed by atoms with Gasteiger partial charge >= 0.3 is 0 Å². The molecular formula is C17H22N2O3. The second-order valence-corrected chi connectivity index (χ2v) is 5.70. The Morgan fingerprint density at radius 2 is 2.14 bits per heavy atom. The number of carbonyl (C=O) groups is 1. The van der Waals surface area contributed by atoms with Crippen LogP contribution in [0.1, 0.15) is 38.2 Å². The van der Waals surface area contributed by atoms with E-state index in [-0.39, 0.29) is 18.6 Å². The monoisotopic (exact) mass is 302 g/mol. The van der Waals surface area contributed by atoms with Crippen LogP contribution in [-0.2, 0) is 4.79 Å². The first-order valence-electron chi connectivity index (χ1n) is 7.64. The lowest BCUT2D eigenvalue weighted by atomic mass is 9.86. The SMILES string of the molecule is COc1cc(C#N)ccc1OCC(=O)N[C@H]1CCCC[C@@H]1C. The summed E-state index contributed by atoms with van der Waals surface area (Å²) in [6.07, 6.45) is 4.61. The minimum absolute atomic E-state index is 0.0501. The number of rotatable bonds is 5. The van der Waals surface area contributed by atoms with Crippen LogP contribution in [0.3, 0.4) is 0 Å². The molecule has 1 saturated carbocycles. The molecule has 1 amide bonds. The van der Waals surface area contributed by atoms with E-state index in [1.165, 1.54) is 20.0 Å². The molecule has 1 aromatic rings. The Kier molecular flexibility index (Phi) is 5.65. The van der Waals surface area contributed by atoms with Crippen LogP contribution in [-0.4, -0.2) is 25.7 Å². The van der Waals surface area contributed by atoms with Crippen LogP contribution in [0.4, 0.5) is 0 Å². The van der Waals surface area contributed by atoms with Crippen molar-refractivity contribution in [2.24, 2.45) is 5.92 Å². The number of nitrogens with zero attached hydrogens (tertiary/aromatic N) is 1. The number of carbonyl (C=O) groups excluding carboxylic acids is 1. The standard InChI is InChI=1S/C17H22N2O3/c1-12-5-3-4-6-14(12)19-17(20)11-22-15-8-7-13(10-18)9-16(15)21-2/h7-9,12,14H,3-6,11H2,1-2H3,(H,19,20)/t12-,14-/m0/s1. The highest BCUT2D eigenvalue weighted by Gasteiger charge is 2.22. The van der Waals surface area contributed by atoms with Crippen molar-refractivity contribution in [3.05, 3.63) is 23.8 Å². The lowest BCUT2D eigenvalue weighted by Crippen LogP contribution is -2.43. The third-order valence-electron chi connectivity index (χ3n) is 4.11. The fraction of sp³-hybridized carbons (Fsp3) is 0.529. The highest BCUT2D eigenvalue weighted by Crippen LogP contribution is 2.28. The van der Waals surface area contributed by atoms with E-state index in [0.717, 1.165) is 12.8 Å². The van der Waals surface area contributed by atoms with E-state index < -0.39 is 0 Å². The summed E-state index contributed by atoms with van der Waals surface area (Å²) in [5.74, 6) is 1.32. The summed E-state index contributed by atoms with van der Waals surface area (Å²) < 4.78 is 10.7. The number of amides is 1. The summed E-state index contributed by atoms with van der Waals surface area (Å²) >= 11 is 0. The normalized spacial score (nSPS) is 20.8. The van der Waals surface area contributed by atoms with Crippen LogP contribution in [0.25, 0.3) is 0 Å². The van der Waals surface area contributed by atoms with Gasteiger partial charge in [-0.25, -0.2) is 0 Å². The van der Waals surface area contributed by atoms with Crippen LogP contribution in [0.15, 0.2) is 18.2 Å². The summed E-state index contributed by atoms with van der Waals surface area (Å²) in [5, 5.41) is 11.9. The number of nitriles is 1. The van der Waals surface area contributed by atoms with Gasteiger partial charge in [0.15, 0.2) is 18.1 Å². The molecule has 0 saturated heterocycles. The predicted molar refractivity (Wildman–Crippen MR) is 82.8 cm³/mol. The van der Waals surface area contributed by atoms with Gasteiger partial charge in [-0.2, -0.15) is 5.26 Å². The van der Waals surface area contributed by atoms with E-state index in [1.54, 1.807) is 18.2 Å². The quantitative estimate of drug-likeness (QED) is 0.907. The van der Waals surface area contributed by atoms with Gasteiger partial charge in [0.25, 0.3) is 5.91 Å². The molecule has 118 valence electrons. The lowest BCUT2D eigenvalue weighted by molar-refractivity contribution is -0.124. The summed E-state index contributed by atoms with van der Waals surface area (Å²) in [4.78, 5) is 12.0. The maximum absolute atomic E-state index is 12.0. The number of methoxy groups -OCH3 is 1. The van der Waals surface area contributed by atoms with Crippen molar-refractivity contribution in [2.75, 3.05) is 13.7 Å². The van der Waals surface area contributed by atoms with Crippen LogP contribution in [0.2, 0.25) is 0 Å². The van der Waals surface area contributed by atoms with E-state index >= 15 is 0 Å².